The van der Waals surface area contributed by atoms with Crippen molar-refractivity contribution >= 4 is 11.6 Å². The fourth-order valence-corrected chi connectivity index (χ4v) is 2.30. The van der Waals surface area contributed by atoms with E-state index in [4.69, 9.17) is 4.74 Å². The Kier molecular flexibility index (Phi) is 6.09. The van der Waals surface area contributed by atoms with E-state index in [0.717, 1.165) is 18.3 Å². The predicted molar refractivity (Wildman–Crippen MR) is 94.6 cm³/mol. The molecule has 1 N–H and O–H groups in total. The first kappa shape index (κ1) is 21.0. The number of ether oxygens (including phenoxy) is 2. The summed E-state index contributed by atoms with van der Waals surface area (Å²) in [5.41, 5.74) is -1.24. The number of pyridine rings is 2. The van der Waals surface area contributed by atoms with Crippen LogP contribution in [-0.2, 0) is 6.18 Å². The molecule has 0 spiro atoms. The number of alkyl halides is 5. The molecule has 2 aromatic heterocycles. The van der Waals surface area contributed by atoms with Crippen LogP contribution in [0.3, 0.4) is 0 Å². The van der Waals surface area contributed by atoms with E-state index >= 15 is 0 Å². The van der Waals surface area contributed by atoms with Crippen LogP contribution >= 0.6 is 0 Å². The molecule has 1 amide bonds. The van der Waals surface area contributed by atoms with Gasteiger partial charge < -0.3 is 14.8 Å². The number of nitrogens with one attached hydrogen (secondary N) is 1. The molecule has 0 aliphatic rings. The van der Waals surface area contributed by atoms with Crippen LogP contribution in [-0.4, -0.2) is 22.5 Å². The van der Waals surface area contributed by atoms with Crippen molar-refractivity contribution in [1.82, 2.24) is 9.97 Å². The van der Waals surface area contributed by atoms with Gasteiger partial charge in [-0.05, 0) is 36.4 Å². The maximum absolute atomic E-state index is 13.0. The molecular weight excluding hydrogens is 413 g/mol. The summed E-state index contributed by atoms with van der Waals surface area (Å²) in [6, 6.07) is 8.35. The van der Waals surface area contributed by atoms with Crippen LogP contribution in [0.4, 0.5) is 27.6 Å². The number of carbonyl (C=O) groups is 1. The lowest BCUT2D eigenvalue weighted by molar-refractivity contribution is -0.141. The quantitative estimate of drug-likeness (QED) is 0.554. The number of aromatic nitrogens is 2. The molecular formula is C19H12F5N3O3. The number of benzene rings is 1. The second-order valence-corrected chi connectivity index (χ2v) is 5.71. The van der Waals surface area contributed by atoms with E-state index in [-0.39, 0.29) is 17.1 Å². The third-order valence-corrected chi connectivity index (χ3v) is 3.60. The molecule has 0 fully saturated rings. The maximum atomic E-state index is 13.0. The number of hydrogen-bond donors (Lipinski definition) is 1. The number of amides is 1. The Morgan fingerprint density at radius 3 is 2.33 bits per heavy atom. The van der Waals surface area contributed by atoms with Crippen molar-refractivity contribution in [2.75, 3.05) is 5.32 Å². The van der Waals surface area contributed by atoms with E-state index in [1.54, 1.807) is 6.07 Å². The number of carbonyl (C=O) groups excluding carboxylic acids is 1. The molecule has 0 radical (unpaired) electrons. The topological polar surface area (TPSA) is 73.3 Å². The van der Waals surface area contributed by atoms with Crippen LogP contribution in [0.2, 0.25) is 0 Å². The molecule has 0 aliphatic heterocycles. The normalized spacial score (nSPS) is 11.3. The molecule has 30 heavy (non-hydrogen) atoms. The van der Waals surface area contributed by atoms with E-state index in [9.17, 15) is 26.7 Å². The molecule has 11 heteroatoms. The van der Waals surface area contributed by atoms with E-state index < -0.39 is 30.1 Å². The van der Waals surface area contributed by atoms with Crippen molar-refractivity contribution in [1.29, 1.82) is 0 Å². The number of nitrogens with zero attached hydrogens (tertiary/aromatic N) is 2. The molecule has 0 unspecified atom stereocenters. The van der Waals surface area contributed by atoms with E-state index in [1.165, 1.54) is 30.6 Å². The first-order valence-corrected chi connectivity index (χ1v) is 8.24. The van der Waals surface area contributed by atoms with Gasteiger partial charge in [0.25, 0.3) is 5.91 Å². The Balaban J connectivity index is 1.90. The van der Waals surface area contributed by atoms with Gasteiger partial charge in [0.2, 0.25) is 0 Å². The Bertz CT molecular complexity index is 1010. The van der Waals surface area contributed by atoms with Gasteiger partial charge in [-0.2, -0.15) is 22.0 Å². The minimum Gasteiger partial charge on any atom is -0.456 e. The van der Waals surface area contributed by atoms with Crippen molar-refractivity contribution in [3.8, 4) is 17.2 Å². The van der Waals surface area contributed by atoms with Crippen molar-refractivity contribution in [2.45, 2.75) is 12.8 Å². The number of anilines is 1. The average molecular weight is 425 g/mol. The molecule has 3 rings (SSSR count). The largest absolute Gasteiger partial charge is 0.456 e. The fourth-order valence-electron chi connectivity index (χ4n) is 2.30. The molecule has 0 aliphatic carbocycles. The highest BCUT2D eigenvalue weighted by Crippen LogP contribution is 2.34. The monoisotopic (exact) mass is 425 g/mol. The Morgan fingerprint density at radius 2 is 1.73 bits per heavy atom. The van der Waals surface area contributed by atoms with Crippen molar-refractivity contribution in [2.24, 2.45) is 0 Å². The minimum absolute atomic E-state index is 0.00799. The molecule has 3 aromatic rings. The highest BCUT2D eigenvalue weighted by molar-refractivity contribution is 6.06. The highest BCUT2D eigenvalue weighted by atomic mass is 19.4. The number of hydrogen-bond acceptors (Lipinski definition) is 5. The van der Waals surface area contributed by atoms with Crippen LogP contribution in [0.15, 0.2) is 61.1 Å². The number of halogens is 5. The molecule has 1 aromatic carbocycles. The van der Waals surface area contributed by atoms with Crippen molar-refractivity contribution in [3.63, 3.8) is 0 Å². The minimum atomic E-state index is -4.77. The second kappa shape index (κ2) is 8.72. The lowest BCUT2D eigenvalue weighted by Crippen LogP contribution is -2.16. The zero-order chi connectivity index (χ0) is 21.7. The third-order valence-electron chi connectivity index (χ3n) is 3.60. The fraction of sp³-hybridized carbons (Fsp3) is 0.105. The zero-order valence-electron chi connectivity index (χ0n) is 14.9. The van der Waals surface area contributed by atoms with Gasteiger partial charge in [0.05, 0.1) is 11.9 Å². The summed E-state index contributed by atoms with van der Waals surface area (Å²) in [6.07, 6.45) is -1.22. The van der Waals surface area contributed by atoms with Crippen molar-refractivity contribution in [3.05, 3.63) is 72.3 Å². The standard InChI is InChI=1S/C19H12F5N3O3/c20-18(21)30-13-5-3-12(4-6-13)29-15-8-16(19(22,23)24)26-10-14(15)17(28)27-11-2-1-7-25-9-11/h1-10,18H,(H,27,28). The van der Waals surface area contributed by atoms with Gasteiger partial charge in [0.1, 0.15) is 28.5 Å². The Hall–Kier alpha value is -3.76. The van der Waals surface area contributed by atoms with Gasteiger partial charge in [-0.1, -0.05) is 0 Å². The SMILES string of the molecule is O=C(Nc1cccnc1)c1cnc(C(F)(F)F)cc1Oc1ccc(OC(F)F)cc1. The van der Waals surface area contributed by atoms with Gasteiger partial charge in [-0.3, -0.25) is 14.8 Å². The summed E-state index contributed by atoms with van der Waals surface area (Å²) in [4.78, 5) is 19.6. The predicted octanol–water partition coefficient (Wildman–Crippen LogP) is 5.14. The Morgan fingerprint density at radius 1 is 1.03 bits per heavy atom. The summed E-state index contributed by atoms with van der Waals surface area (Å²) in [5.74, 6) is -1.39. The van der Waals surface area contributed by atoms with Gasteiger partial charge in [-0.15, -0.1) is 0 Å². The van der Waals surface area contributed by atoms with Gasteiger partial charge in [0, 0.05) is 18.5 Å². The third kappa shape index (κ3) is 5.40. The van der Waals surface area contributed by atoms with Crippen LogP contribution in [0.5, 0.6) is 17.2 Å². The van der Waals surface area contributed by atoms with Crippen LogP contribution in [0.25, 0.3) is 0 Å². The first-order chi connectivity index (χ1) is 14.2. The summed E-state index contributed by atoms with van der Waals surface area (Å²) >= 11 is 0. The van der Waals surface area contributed by atoms with Crippen LogP contribution in [0.1, 0.15) is 16.1 Å². The maximum Gasteiger partial charge on any atom is 0.433 e. The summed E-state index contributed by atoms with van der Waals surface area (Å²) < 4.78 is 73.2. The van der Waals surface area contributed by atoms with Crippen LogP contribution in [0, 0.1) is 0 Å². The van der Waals surface area contributed by atoms with E-state index in [2.05, 4.69) is 20.0 Å². The molecule has 2 heterocycles. The highest BCUT2D eigenvalue weighted by Gasteiger charge is 2.34. The Labute approximate surface area is 166 Å². The summed E-state index contributed by atoms with van der Waals surface area (Å²) in [7, 11) is 0. The molecule has 0 saturated heterocycles. The lowest BCUT2D eigenvalue weighted by Gasteiger charge is -2.14. The molecule has 0 bridgehead atoms. The lowest BCUT2D eigenvalue weighted by atomic mass is 10.2. The van der Waals surface area contributed by atoms with Crippen molar-refractivity contribution < 1.29 is 36.2 Å². The first-order valence-electron chi connectivity index (χ1n) is 8.24. The summed E-state index contributed by atoms with van der Waals surface area (Å²) in [6.45, 7) is -3.03. The zero-order valence-corrected chi connectivity index (χ0v) is 14.9. The van der Waals surface area contributed by atoms with E-state index in [0.29, 0.717) is 11.8 Å². The number of rotatable bonds is 6. The average Bonchev–Trinajstić information content (AvgIpc) is 2.69. The van der Waals surface area contributed by atoms with Gasteiger partial charge in [-0.25, -0.2) is 0 Å². The molecule has 0 atom stereocenters. The second-order valence-electron chi connectivity index (χ2n) is 5.71. The summed E-state index contributed by atoms with van der Waals surface area (Å²) in [5, 5.41) is 2.47. The molecule has 6 nitrogen and oxygen atoms in total. The molecule has 156 valence electrons. The smallest absolute Gasteiger partial charge is 0.433 e. The molecule has 0 saturated carbocycles. The van der Waals surface area contributed by atoms with Crippen LogP contribution < -0.4 is 14.8 Å². The van der Waals surface area contributed by atoms with E-state index in [1.807, 2.05) is 0 Å². The van der Waals surface area contributed by atoms with Gasteiger partial charge >= 0.3 is 12.8 Å². The van der Waals surface area contributed by atoms with Gasteiger partial charge in [0.15, 0.2) is 0 Å².